The molecule has 4 heteroatoms. The number of hydrogen-bond donors (Lipinski definition) is 1. The van der Waals surface area contributed by atoms with Gasteiger partial charge >= 0.3 is 0 Å². The van der Waals surface area contributed by atoms with Gasteiger partial charge < -0.3 is 5.73 Å². The van der Waals surface area contributed by atoms with Gasteiger partial charge in [0, 0.05) is 17.4 Å². The van der Waals surface area contributed by atoms with Crippen LogP contribution < -0.4 is 5.73 Å². The Morgan fingerprint density at radius 3 is 2.83 bits per heavy atom. The standard InChI is InChI=1S/C14H13N3S/c1-8-5-10(15)6-11(9(8)2)14-17-12-7-16-4-3-13(12)18-14/h3-7H,15H2,1-2H3. The first kappa shape index (κ1) is 11.2. The van der Waals surface area contributed by atoms with E-state index in [9.17, 15) is 0 Å². The molecule has 0 bridgehead atoms. The molecule has 0 aliphatic rings. The number of anilines is 1. The minimum Gasteiger partial charge on any atom is -0.399 e. The Hall–Kier alpha value is -1.94. The maximum atomic E-state index is 5.92. The number of thiazole rings is 1. The Morgan fingerprint density at radius 1 is 1.22 bits per heavy atom. The summed E-state index contributed by atoms with van der Waals surface area (Å²) in [5.41, 5.74) is 11.2. The van der Waals surface area contributed by atoms with Crippen molar-refractivity contribution in [1.29, 1.82) is 0 Å². The maximum Gasteiger partial charge on any atom is 0.125 e. The first-order valence-electron chi connectivity index (χ1n) is 5.73. The Kier molecular flexibility index (Phi) is 2.52. The molecule has 1 aromatic carbocycles. The minimum absolute atomic E-state index is 0.783. The molecule has 0 saturated heterocycles. The fraction of sp³-hybridized carbons (Fsp3) is 0.143. The van der Waals surface area contributed by atoms with Crippen LogP contribution in [0.5, 0.6) is 0 Å². The van der Waals surface area contributed by atoms with Crippen LogP contribution in [0.3, 0.4) is 0 Å². The highest BCUT2D eigenvalue weighted by molar-refractivity contribution is 7.21. The second-order valence-corrected chi connectivity index (χ2v) is 5.40. The van der Waals surface area contributed by atoms with E-state index in [4.69, 9.17) is 5.73 Å². The van der Waals surface area contributed by atoms with Crippen molar-refractivity contribution in [1.82, 2.24) is 9.97 Å². The summed E-state index contributed by atoms with van der Waals surface area (Å²) < 4.78 is 1.15. The second-order valence-electron chi connectivity index (χ2n) is 4.37. The molecule has 0 fully saturated rings. The van der Waals surface area contributed by atoms with E-state index in [1.165, 1.54) is 11.1 Å². The molecular formula is C14H13N3S. The molecular weight excluding hydrogens is 242 g/mol. The normalized spacial score (nSPS) is 11.0. The smallest absolute Gasteiger partial charge is 0.125 e. The van der Waals surface area contributed by atoms with E-state index in [0.29, 0.717) is 0 Å². The van der Waals surface area contributed by atoms with Crippen LogP contribution in [0.15, 0.2) is 30.6 Å². The number of benzene rings is 1. The fourth-order valence-electron chi connectivity index (χ4n) is 2.00. The zero-order chi connectivity index (χ0) is 12.7. The van der Waals surface area contributed by atoms with E-state index in [1.807, 2.05) is 18.2 Å². The third-order valence-electron chi connectivity index (χ3n) is 3.11. The van der Waals surface area contributed by atoms with E-state index in [0.717, 1.165) is 26.5 Å². The first-order chi connectivity index (χ1) is 8.65. The van der Waals surface area contributed by atoms with Crippen molar-refractivity contribution in [3.8, 4) is 10.6 Å². The number of fused-ring (bicyclic) bond motifs is 1. The van der Waals surface area contributed by atoms with Gasteiger partial charge in [-0.25, -0.2) is 4.98 Å². The number of hydrogen-bond acceptors (Lipinski definition) is 4. The van der Waals surface area contributed by atoms with Crippen molar-refractivity contribution in [2.75, 3.05) is 5.73 Å². The lowest BCUT2D eigenvalue weighted by Crippen LogP contribution is -1.92. The summed E-state index contributed by atoms with van der Waals surface area (Å²) in [6.07, 6.45) is 3.59. The second kappa shape index (κ2) is 4.07. The number of nitrogen functional groups attached to an aromatic ring is 1. The summed E-state index contributed by atoms with van der Waals surface area (Å²) >= 11 is 1.68. The van der Waals surface area contributed by atoms with Gasteiger partial charge in [-0.15, -0.1) is 11.3 Å². The van der Waals surface area contributed by atoms with Gasteiger partial charge in [-0.3, -0.25) is 4.98 Å². The van der Waals surface area contributed by atoms with Crippen LogP contribution in [-0.4, -0.2) is 9.97 Å². The number of aromatic nitrogens is 2. The van der Waals surface area contributed by atoms with Crippen LogP contribution in [0, 0.1) is 13.8 Å². The number of nitrogens with two attached hydrogens (primary N) is 1. The van der Waals surface area contributed by atoms with Crippen molar-refractivity contribution in [3.63, 3.8) is 0 Å². The molecule has 0 saturated carbocycles. The zero-order valence-electron chi connectivity index (χ0n) is 10.3. The van der Waals surface area contributed by atoms with Gasteiger partial charge in [-0.1, -0.05) is 0 Å². The number of aryl methyl sites for hydroxylation is 1. The van der Waals surface area contributed by atoms with Gasteiger partial charge in [0.25, 0.3) is 0 Å². The van der Waals surface area contributed by atoms with Gasteiger partial charge in [0.15, 0.2) is 0 Å². The summed E-state index contributed by atoms with van der Waals surface area (Å²) in [7, 11) is 0. The highest BCUT2D eigenvalue weighted by atomic mass is 32.1. The molecule has 18 heavy (non-hydrogen) atoms. The average molecular weight is 255 g/mol. The van der Waals surface area contributed by atoms with Crippen molar-refractivity contribution in [3.05, 3.63) is 41.7 Å². The Labute approximate surface area is 109 Å². The molecule has 2 aromatic heterocycles. The monoisotopic (exact) mass is 255 g/mol. The molecule has 0 amide bonds. The van der Waals surface area contributed by atoms with E-state index in [-0.39, 0.29) is 0 Å². The summed E-state index contributed by atoms with van der Waals surface area (Å²) in [6.45, 7) is 4.18. The quantitative estimate of drug-likeness (QED) is 0.676. The molecule has 3 nitrogen and oxygen atoms in total. The van der Waals surface area contributed by atoms with Crippen molar-refractivity contribution in [2.45, 2.75) is 13.8 Å². The third-order valence-corrected chi connectivity index (χ3v) is 4.18. The molecule has 3 rings (SSSR count). The average Bonchev–Trinajstić information content (AvgIpc) is 2.77. The highest BCUT2D eigenvalue weighted by Gasteiger charge is 2.10. The lowest BCUT2D eigenvalue weighted by molar-refractivity contribution is 1.31. The SMILES string of the molecule is Cc1cc(N)cc(-c2nc3cnccc3s2)c1C. The molecule has 0 radical (unpaired) electrons. The predicted octanol–water partition coefficient (Wildman–Crippen LogP) is 3.56. The van der Waals surface area contributed by atoms with Crippen molar-refractivity contribution < 1.29 is 0 Å². The first-order valence-corrected chi connectivity index (χ1v) is 6.54. The summed E-state index contributed by atoms with van der Waals surface area (Å²) in [5.74, 6) is 0. The largest absolute Gasteiger partial charge is 0.399 e. The fourth-order valence-corrected chi connectivity index (χ4v) is 3.01. The van der Waals surface area contributed by atoms with Crippen LogP contribution >= 0.6 is 11.3 Å². The lowest BCUT2D eigenvalue weighted by Gasteiger charge is -2.07. The van der Waals surface area contributed by atoms with Gasteiger partial charge in [-0.05, 0) is 43.2 Å². The highest BCUT2D eigenvalue weighted by Crippen LogP contribution is 2.33. The Balaban J connectivity index is 2.26. The molecule has 0 atom stereocenters. The van der Waals surface area contributed by atoms with Crippen LogP contribution in [0.25, 0.3) is 20.8 Å². The van der Waals surface area contributed by atoms with E-state index in [1.54, 1.807) is 23.7 Å². The molecule has 90 valence electrons. The van der Waals surface area contributed by atoms with Crippen molar-refractivity contribution in [2.24, 2.45) is 0 Å². The molecule has 3 aromatic rings. The minimum atomic E-state index is 0.783. The number of nitrogens with zero attached hydrogens (tertiary/aromatic N) is 2. The third kappa shape index (κ3) is 1.75. The van der Waals surface area contributed by atoms with E-state index >= 15 is 0 Å². The van der Waals surface area contributed by atoms with Crippen LogP contribution in [0.1, 0.15) is 11.1 Å². The summed E-state index contributed by atoms with van der Waals surface area (Å²) in [4.78, 5) is 8.72. The molecule has 0 spiro atoms. The molecule has 0 aliphatic carbocycles. The van der Waals surface area contributed by atoms with Crippen LogP contribution in [-0.2, 0) is 0 Å². The zero-order valence-corrected chi connectivity index (χ0v) is 11.1. The molecule has 0 aliphatic heterocycles. The van der Waals surface area contributed by atoms with E-state index in [2.05, 4.69) is 23.8 Å². The molecule has 2 heterocycles. The summed E-state index contributed by atoms with van der Waals surface area (Å²) in [5, 5.41) is 1.01. The molecule has 0 unspecified atom stereocenters. The Morgan fingerprint density at radius 2 is 2.06 bits per heavy atom. The topological polar surface area (TPSA) is 51.8 Å². The van der Waals surface area contributed by atoms with Gasteiger partial charge in [0.05, 0.1) is 10.9 Å². The van der Waals surface area contributed by atoms with Crippen molar-refractivity contribution >= 4 is 27.2 Å². The van der Waals surface area contributed by atoms with Gasteiger partial charge in [-0.2, -0.15) is 0 Å². The number of rotatable bonds is 1. The van der Waals surface area contributed by atoms with Crippen LogP contribution in [0.4, 0.5) is 5.69 Å². The summed E-state index contributed by atoms with van der Waals surface area (Å²) in [6, 6.07) is 5.98. The van der Waals surface area contributed by atoms with Crippen LogP contribution in [0.2, 0.25) is 0 Å². The van der Waals surface area contributed by atoms with E-state index < -0.39 is 0 Å². The lowest BCUT2D eigenvalue weighted by atomic mass is 10.0. The predicted molar refractivity (Wildman–Crippen MR) is 76.7 cm³/mol. The molecule has 2 N–H and O–H groups in total. The Bertz CT molecular complexity index is 698. The number of pyridine rings is 1. The van der Waals surface area contributed by atoms with Gasteiger partial charge in [0.2, 0.25) is 0 Å². The maximum absolute atomic E-state index is 5.92. The van der Waals surface area contributed by atoms with Gasteiger partial charge in [0.1, 0.15) is 10.5 Å².